The second-order valence-electron chi connectivity index (χ2n) is 5.72. The predicted octanol–water partition coefficient (Wildman–Crippen LogP) is 1.36. The Morgan fingerprint density at radius 2 is 2.06 bits per heavy atom. The average Bonchev–Trinajstić information content (AvgIpc) is 2.71. The van der Waals surface area contributed by atoms with Gasteiger partial charge in [-0.2, -0.15) is 0 Å². The molecule has 0 aromatic heterocycles. The topological polar surface area (TPSA) is 63.7 Å². The molecule has 3 atom stereocenters. The molecular weight excluding hydrogens is 222 g/mol. The molecule has 0 aromatic carbocycles. The number of ether oxygens (including phenoxy) is 1. The number of hydrogen-bond acceptors (Lipinski definition) is 4. The van der Waals surface area contributed by atoms with Crippen molar-refractivity contribution in [2.75, 3.05) is 0 Å². The van der Waals surface area contributed by atoms with E-state index in [4.69, 9.17) is 4.74 Å². The summed E-state index contributed by atoms with van der Waals surface area (Å²) in [5.41, 5.74) is -0.608. The summed E-state index contributed by atoms with van der Waals surface area (Å²) >= 11 is 0. The molecule has 1 aliphatic carbocycles. The first-order chi connectivity index (χ1) is 7.83. The van der Waals surface area contributed by atoms with Gasteiger partial charge in [0.25, 0.3) is 0 Å². The zero-order chi connectivity index (χ0) is 12.8. The van der Waals surface area contributed by atoms with Gasteiger partial charge in [0.15, 0.2) is 0 Å². The Morgan fingerprint density at radius 3 is 2.53 bits per heavy atom. The van der Waals surface area contributed by atoms with Gasteiger partial charge in [-0.05, 0) is 33.6 Å². The fourth-order valence-electron chi connectivity index (χ4n) is 2.60. The molecule has 5 nitrogen and oxygen atoms in total. The van der Waals surface area contributed by atoms with Crippen LogP contribution < -0.4 is 0 Å². The van der Waals surface area contributed by atoms with Gasteiger partial charge in [0, 0.05) is 12.0 Å². The Balaban J connectivity index is 2.08. The molecule has 1 saturated heterocycles. The number of fused-ring (bicyclic) bond motifs is 2. The Kier molecular flexibility index (Phi) is 2.72. The zero-order valence-electron chi connectivity index (χ0n) is 10.3. The van der Waals surface area contributed by atoms with Crippen LogP contribution in [-0.2, 0) is 14.3 Å². The van der Waals surface area contributed by atoms with Crippen LogP contribution >= 0.6 is 0 Å². The maximum Gasteiger partial charge on any atom is 0.417 e. The third-order valence-electron chi connectivity index (χ3n) is 3.27. The lowest BCUT2D eigenvalue weighted by atomic mass is 9.96. The van der Waals surface area contributed by atoms with E-state index in [9.17, 15) is 14.4 Å². The van der Waals surface area contributed by atoms with E-state index in [-0.39, 0.29) is 23.8 Å². The van der Waals surface area contributed by atoms with Gasteiger partial charge in [-0.15, -0.1) is 0 Å². The van der Waals surface area contributed by atoms with Crippen LogP contribution in [0.1, 0.15) is 33.6 Å². The molecule has 0 N–H and O–H groups in total. The minimum absolute atomic E-state index is 0.155. The summed E-state index contributed by atoms with van der Waals surface area (Å²) in [6, 6.07) is -0.155. The molecule has 2 amide bonds. The highest BCUT2D eigenvalue weighted by molar-refractivity contribution is 5.98. The SMILES string of the molecule is CC(C)(C)OC(=O)N1C(=O)C2CC1CC2C=O. The molecule has 3 unspecified atom stereocenters. The summed E-state index contributed by atoms with van der Waals surface area (Å²) in [4.78, 5) is 35.7. The van der Waals surface area contributed by atoms with Crippen LogP contribution in [0.25, 0.3) is 0 Å². The Hall–Kier alpha value is -1.39. The van der Waals surface area contributed by atoms with E-state index in [0.29, 0.717) is 12.8 Å². The van der Waals surface area contributed by atoms with Crippen LogP contribution in [0.5, 0.6) is 0 Å². The smallest absolute Gasteiger partial charge is 0.417 e. The molecule has 1 aliphatic heterocycles. The number of hydrogen-bond donors (Lipinski definition) is 0. The van der Waals surface area contributed by atoms with Gasteiger partial charge >= 0.3 is 6.09 Å². The highest BCUT2D eigenvalue weighted by Crippen LogP contribution is 2.42. The van der Waals surface area contributed by atoms with Crippen molar-refractivity contribution in [3.8, 4) is 0 Å². The van der Waals surface area contributed by atoms with E-state index in [1.54, 1.807) is 20.8 Å². The maximum atomic E-state index is 11.9. The van der Waals surface area contributed by atoms with Gasteiger partial charge in [-0.1, -0.05) is 0 Å². The summed E-state index contributed by atoms with van der Waals surface area (Å²) < 4.78 is 5.19. The first kappa shape index (κ1) is 12.1. The molecule has 2 rings (SSSR count). The van der Waals surface area contributed by atoms with Crippen molar-refractivity contribution in [1.82, 2.24) is 4.90 Å². The van der Waals surface area contributed by atoms with E-state index >= 15 is 0 Å². The molecule has 94 valence electrons. The fourth-order valence-corrected chi connectivity index (χ4v) is 2.60. The van der Waals surface area contributed by atoms with Crippen LogP contribution in [0, 0.1) is 11.8 Å². The number of piperidine rings is 1. The van der Waals surface area contributed by atoms with E-state index in [1.807, 2.05) is 0 Å². The molecule has 0 spiro atoms. The van der Waals surface area contributed by atoms with E-state index in [2.05, 4.69) is 0 Å². The Labute approximate surface area is 100 Å². The molecule has 2 aliphatic rings. The van der Waals surface area contributed by atoms with Crippen molar-refractivity contribution in [3.05, 3.63) is 0 Å². The molecule has 17 heavy (non-hydrogen) atoms. The lowest BCUT2D eigenvalue weighted by Gasteiger charge is -2.30. The quantitative estimate of drug-likeness (QED) is 0.648. The fraction of sp³-hybridized carbons (Fsp3) is 0.750. The number of amides is 2. The first-order valence-corrected chi connectivity index (χ1v) is 5.85. The third kappa shape index (κ3) is 2.06. The van der Waals surface area contributed by atoms with Crippen molar-refractivity contribution < 1.29 is 19.1 Å². The largest absolute Gasteiger partial charge is 0.443 e. The molecule has 1 saturated carbocycles. The van der Waals surface area contributed by atoms with Crippen LogP contribution in [-0.4, -0.2) is 34.8 Å². The Morgan fingerprint density at radius 1 is 1.41 bits per heavy atom. The molecule has 0 aromatic rings. The molecule has 2 fully saturated rings. The number of imide groups is 1. The number of carbonyl (C=O) groups is 3. The maximum absolute atomic E-state index is 11.9. The minimum Gasteiger partial charge on any atom is -0.443 e. The van der Waals surface area contributed by atoms with Crippen LogP contribution in [0.2, 0.25) is 0 Å². The van der Waals surface area contributed by atoms with Gasteiger partial charge < -0.3 is 9.53 Å². The summed E-state index contributed by atoms with van der Waals surface area (Å²) in [7, 11) is 0. The van der Waals surface area contributed by atoms with Crippen molar-refractivity contribution >= 4 is 18.3 Å². The Bertz CT molecular complexity index is 369. The molecule has 2 bridgehead atoms. The monoisotopic (exact) mass is 239 g/mol. The summed E-state index contributed by atoms with van der Waals surface area (Å²) in [6.07, 6.45) is 1.43. The second-order valence-corrected chi connectivity index (χ2v) is 5.72. The van der Waals surface area contributed by atoms with Crippen molar-refractivity contribution in [2.24, 2.45) is 11.8 Å². The van der Waals surface area contributed by atoms with Crippen LogP contribution in [0.3, 0.4) is 0 Å². The number of aldehydes is 1. The van der Waals surface area contributed by atoms with Gasteiger partial charge in [-0.25, -0.2) is 9.69 Å². The lowest BCUT2D eigenvalue weighted by molar-refractivity contribution is -0.137. The number of rotatable bonds is 1. The summed E-state index contributed by atoms with van der Waals surface area (Å²) in [5.74, 6) is -0.788. The zero-order valence-corrected chi connectivity index (χ0v) is 10.3. The van der Waals surface area contributed by atoms with Crippen LogP contribution in [0.15, 0.2) is 0 Å². The van der Waals surface area contributed by atoms with Crippen LogP contribution in [0.4, 0.5) is 4.79 Å². The van der Waals surface area contributed by atoms with E-state index < -0.39 is 11.7 Å². The lowest BCUT2D eigenvalue weighted by Crippen LogP contribution is -2.46. The predicted molar refractivity (Wildman–Crippen MR) is 59.1 cm³/mol. The minimum atomic E-state index is -0.608. The standard InChI is InChI=1S/C12H17NO4/c1-12(2,3)17-11(16)13-8-4-7(6-14)9(5-8)10(13)15/h6-9H,4-5H2,1-3H3. The average molecular weight is 239 g/mol. The molecule has 0 radical (unpaired) electrons. The first-order valence-electron chi connectivity index (χ1n) is 5.85. The highest BCUT2D eigenvalue weighted by atomic mass is 16.6. The van der Waals surface area contributed by atoms with Gasteiger partial charge in [0.1, 0.15) is 11.9 Å². The van der Waals surface area contributed by atoms with E-state index in [0.717, 1.165) is 6.29 Å². The molecule has 5 heteroatoms. The van der Waals surface area contributed by atoms with Gasteiger partial charge in [-0.3, -0.25) is 4.79 Å². The number of carbonyl (C=O) groups excluding carboxylic acids is 3. The van der Waals surface area contributed by atoms with Crippen molar-refractivity contribution in [3.63, 3.8) is 0 Å². The van der Waals surface area contributed by atoms with Crippen molar-refractivity contribution in [2.45, 2.75) is 45.3 Å². The number of nitrogens with zero attached hydrogens (tertiary/aromatic N) is 1. The van der Waals surface area contributed by atoms with Gasteiger partial charge in [0.2, 0.25) is 5.91 Å². The summed E-state index contributed by atoms with van der Waals surface area (Å²) in [6.45, 7) is 5.29. The normalized spacial score (nSPS) is 31.8. The third-order valence-corrected chi connectivity index (χ3v) is 3.27. The van der Waals surface area contributed by atoms with Crippen molar-refractivity contribution in [1.29, 1.82) is 0 Å². The molecular formula is C12H17NO4. The summed E-state index contributed by atoms with van der Waals surface area (Å²) in [5, 5.41) is 0. The molecule has 1 heterocycles. The van der Waals surface area contributed by atoms with E-state index in [1.165, 1.54) is 4.90 Å². The second kappa shape index (κ2) is 3.82. The number of likely N-dealkylation sites (tertiary alicyclic amines) is 1. The highest BCUT2D eigenvalue weighted by Gasteiger charge is 2.53. The van der Waals surface area contributed by atoms with Gasteiger partial charge in [0.05, 0.1) is 5.92 Å².